The van der Waals surface area contributed by atoms with E-state index in [2.05, 4.69) is 34.3 Å². The molecular formula is C24H46O3Si. The van der Waals surface area contributed by atoms with Crippen LogP contribution >= 0.6 is 0 Å². The molecule has 0 radical (unpaired) electrons. The number of carbonyl (C=O) groups is 1. The third kappa shape index (κ3) is 7.02. The third-order valence-electron chi connectivity index (χ3n) is 7.25. The Morgan fingerprint density at radius 1 is 1.18 bits per heavy atom. The van der Waals surface area contributed by atoms with Crippen molar-refractivity contribution in [2.45, 2.75) is 116 Å². The number of carbonyl (C=O) groups excluding carboxylic acids is 1. The van der Waals surface area contributed by atoms with Crippen LogP contribution in [0.5, 0.6) is 0 Å². The molecule has 0 heterocycles. The molecule has 1 aliphatic rings. The van der Waals surface area contributed by atoms with Crippen molar-refractivity contribution in [3.05, 3.63) is 12.7 Å². The quantitative estimate of drug-likeness (QED) is 0.123. The molecule has 0 aliphatic heterocycles. The van der Waals surface area contributed by atoms with Crippen LogP contribution in [0.15, 0.2) is 12.7 Å². The third-order valence-corrected chi connectivity index (χ3v) is 12.0. The molecule has 0 N–H and O–H groups in total. The second kappa shape index (κ2) is 12.8. The summed E-state index contributed by atoms with van der Waals surface area (Å²) in [5.74, 6) is 0.629. The fourth-order valence-electron chi connectivity index (χ4n) is 5.16. The molecule has 0 aromatic rings. The lowest BCUT2D eigenvalue weighted by Gasteiger charge is -2.45. The van der Waals surface area contributed by atoms with Gasteiger partial charge >= 0.3 is 5.97 Å². The number of hydrogen-bond donors (Lipinski definition) is 0. The van der Waals surface area contributed by atoms with Gasteiger partial charge in [-0.15, -0.1) is 6.58 Å². The predicted molar refractivity (Wildman–Crippen MR) is 122 cm³/mol. The van der Waals surface area contributed by atoms with Gasteiger partial charge in [0.2, 0.25) is 0 Å². The Kier molecular flexibility index (Phi) is 11.7. The van der Waals surface area contributed by atoms with Gasteiger partial charge in [-0.05, 0) is 55.7 Å². The number of rotatable bonds is 15. The van der Waals surface area contributed by atoms with E-state index < -0.39 is 8.32 Å². The van der Waals surface area contributed by atoms with E-state index in [4.69, 9.17) is 9.16 Å². The zero-order chi connectivity index (χ0) is 21.0. The highest BCUT2D eigenvalue weighted by Crippen LogP contribution is 2.49. The molecule has 1 fully saturated rings. The first-order valence-electron chi connectivity index (χ1n) is 11.8. The van der Waals surface area contributed by atoms with Crippen molar-refractivity contribution in [2.75, 3.05) is 7.11 Å². The summed E-state index contributed by atoms with van der Waals surface area (Å²) in [5, 5.41) is 0. The maximum atomic E-state index is 11.9. The Morgan fingerprint density at radius 3 is 2.39 bits per heavy atom. The number of allylic oxidation sites excluding steroid dienone is 1. The van der Waals surface area contributed by atoms with Crippen LogP contribution in [0, 0.1) is 11.8 Å². The number of hydrogen-bond acceptors (Lipinski definition) is 3. The SMILES string of the molecule is C=C[C@H](CC(=O)OC)C[C@]1(O[Si](CC)(CC)CC)CCC[C@@H]1CCCCCC. The fourth-order valence-corrected chi connectivity index (χ4v) is 8.31. The molecule has 3 atom stereocenters. The summed E-state index contributed by atoms with van der Waals surface area (Å²) in [5.41, 5.74) is -0.0622. The van der Waals surface area contributed by atoms with Crippen molar-refractivity contribution in [3.8, 4) is 0 Å². The van der Waals surface area contributed by atoms with Gasteiger partial charge in [-0.3, -0.25) is 4.79 Å². The first kappa shape index (κ1) is 25.4. The van der Waals surface area contributed by atoms with Gasteiger partial charge in [-0.25, -0.2) is 0 Å². The highest BCUT2D eigenvalue weighted by atomic mass is 28.4. The molecule has 0 aromatic heterocycles. The topological polar surface area (TPSA) is 35.5 Å². The van der Waals surface area contributed by atoms with Crippen molar-refractivity contribution in [2.24, 2.45) is 11.8 Å². The van der Waals surface area contributed by atoms with Crippen LogP contribution in [0.2, 0.25) is 18.1 Å². The second-order valence-electron chi connectivity index (χ2n) is 8.83. The summed E-state index contributed by atoms with van der Waals surface area (Å²) < 4.78 is 12.2. The smallest absolute Gasteiger partial charge is 0.306 e. The van der Waals surface area contributed by atoms with Gasteiger partial charge in [0.1, 0.15) is 0 Å². The van der Waals surface area contributed by atoms with Crippen molar-refractivity contribution >= 4 is 14.3 Å². The van der Waals surface area contributed by atoms with Gasteiger partial charge in [-0.1, -0.05) is 65.9 Å². The summed E-state index contributed by atoms with van der Waals surface area (Å²) in [6, 6.07) is 3.54. The summed E-state index contributed by atoms with van der Waals surface area (Å²) in [4.78, 5) is 11.9. The molecule has 1 aliphatic carbocycles. The van der Waals surface area contributed by atoms with E-state index in [1.807, 2.05) is 6.08 Å². The van der Waals surface area contributed by atoms with Gasteiger partial charge in [0.05, 0.1) is 19.1 Å². The predicted octanol–water partition coefficient (Wildman–Crippen LogP) is 7.27. The summed E-state index contributed by atoms with van der Waals surface area (Å²) in [6.45, 7) is 13.3. The Bertz CT molecular complexity index is 453. The normalized spacial score (nSPS) is 23.5. The average molecular weight is 411 g/mol. The molecule has 4 heteroatoms. The lowest BCUT2D eigenvalue weighted by atomic mass is 9.79. The van der Waals surface area contributed by atoms with Crippen LogP contribution < -0.4 is 0 Å². The zero-order valence-electron chi connectivity index (χ0n) is 19.4. The molecule has 1 rings (SSSR count). The molecular weight excluding hydrogens is 364 g/mol. The summed E-state index contributed by atoms with van der Waals surface area (Å²) >= 11 is 0. The Balaban J connectivity index is 3.06. The van der Waals surface area contributed by atoms with Crippen LogP contribution in [-0.4, -0.2) is 27.0 Å². The highest BCUT2D eigenvalue weighted by Gasteiger charge is 2.49. The molecule has 0 unspecified atom stereocenters. The number of methoxy groups -OCH3 is 1. The monoisotopic (exact) mass is 410 g/mol. The molecule has 0 amide bonds. The highest BCUT2D eigenvalue weighted by molar-refractivity contribution is 6.73. The molecule has 0 spiro atoms. The van der Waals surface area contributed by atoms with Crippen LogP contribution in [-0.2, 0) is 14.0 Å². The lowest BCUT2D eigenvalue weighted by Crippen LogP contribution is -2.50. The largest absolute Gasteiger partial charge is 0.469 e. The van der Waals surface area contributed by atoms with Gasteiger partial charge in [0, 0.05) is 0 Å². The Labute approximate surface area is 175 Å². The van der Waals surface area contributed by atoms with Crippen molar-refractivity contribution in [1.29, 1.82) is 0 Å². The molecule has 164 valence electrons. The zero-order valence-corrected chi connectivity index (χ0v) is 20.4. The van der Waals surface area contributed by atoms with E-state index in [0.29, 0.717) is 12.3 Å². The maximum absolute atomic E-state index is 11.9. The van der Waals surface area contributed by atoms with Gasteiger partial charge < -0.3 is 9.16 Å². The minimum Gasteiger partial charge on any atom is -0.469 e. The molecule has 1 saturated carbocycles. The van der Waals surface area contributed by atoms with Gasteiger partial charge in [-0.2, -0.15) is 0 Å². The molecule has 0 aromatic carbocycles. The number of unbranched alkanes of at least 4 members (excludes halogenated alkanes) is 3. The first-order chi connectivity index (χ1) is 13.4. The van der Waals surface area contributed by atoms with Crippen LogP contribution in [0.4, 0.5) is 0 Å². The van der Waals surface area contributed by atoms with E-state index in [9.17, 15) is 4.79 Å². The number of ether oxygens (including phenoxy) is 1. The van der Waals surface area contributed by atoms with Crippen LogP contribution in [0.3, 0.4) is 0 Å². The molecule has 0 saturated heterocycles. The van der Waals surface area contributed by atoms with Gasteiger partial charge in [0.25, 0.3) is 0 Å². The van der Waals surface area contributed by atoms with E-state index in [1.165, 1.54) is 70.2 Å². The Hall–Kier alpha value is -0.613. The molecule has 28 heavy (non-hydrogen) atoms. The van der Waals surface area contributed by atoms with Crippen LogP contribution in [0.25, 0.3) is 0 Å². The molecule has 0 bridgehead atoms. The van der Waals surface area contributed by atoms with Crippen molar-refractivity contribution in [3.63, 3.8) is 0 Å². The summed E-state index contributed by atoms with van der Waals surface area (Å²) in [7, 11) is -0.253. The molecule has 3 nitrogen and oxygen atoms in total. The minimum absolute atomic E-state index is 0.0622. The Morgan fingerprint density at radius 2 is 1.86 bits per heavy atom. The fraction of sp³-hybridized carbons (Fsp3) is 0.875. The average Bonchev–Trinajstić information content (AvgIpc) is 3.10. The van der Waals surface area contributed by atoms with E-state index in [0.717, 1.165) is 12.8 Å². The first-order valence-corrected chi connectivity index (χ1v) is 14.4. The minimum atomic E-state index is -1.73. The van der Waals surface area contributed by atoms with E-state index in [-0.39, 0.29) is 17.5 Å². The maximum Gasteiger partial charge on any atom is 0.306 e. The van der Waals surface area contributed by atoms with Crippen molar-refractivity contribution in [1.82, 2.24) is 0 Å². The van der Waals surface area contributed by atoms with E-state index in [1.54, 1.807) is 0 Å². The van der Waals surface area contributed by atoms with E-state index >= 15 is 0 Å². The van der Waals surface area contributed by atoms with Gasteiger partial charge in [0.15, 0.2) is 8.32 Å². The standard InChI is InChI=1S/C24H46O3Si/c1-7-12-13-14-16-22-17-15-18-24(22,27-28(9-3,10-4)11-5)20-21(8-2)19-23(25)26-6/h8,21-22H,2,7,9-20H2,1,3-6H3/t21-,22+,24-/m1/s1. The number of esters is 1. The lowest BCUT2D eigenvalue weighted by molar-refractivity contribution is -0.141. The second-order valence-corrected chi connectivity index (χ2v) is 13.5. The van der Waals surface area contributed by atoms with Crippen LogP contribution in [0.1, 0.15) is 91.9 Å². The summed E-state index contributed by atoms with van der Waals surface area (Å²) in [6.07, 6.45) is 13.5. The van der Waals surface area contributed by atoms with Crippen molar-refractivity contribution < 1.29 is 14.0 Å².